The van der Waals surface area contributed by atoms with Crippen LogP contribution in [0.4, 0.5) is 0 Å². The fraction of sp³-hybridized carbons (Fsp3) is 0.600. The van der Waals surface area contributed by atoms with Gasteiger partial charge in [0.1, 0.15) is 5.69 Å². The highest BCUT2D eigenvalue weighted by atomic mass is 16.2. The minimum absolute atomic E-state index is 0.000809. The minimum Gasteiger partial charge on any atom is -0.340 e. The summed E-state index contributed by atoms with van der Waals surface area (Å²) < 4.78 is 0. The van der Waals surface area contributed by atoms with Crippen molar-refractivity contribution in [2.24, 2.45) is 11.7 Å². The van der Waals surface area contributed by atoms with Crippen LogP contribution < -0.4 is 5.73 Å². The van der Waals surface area contributed by atoms with E-state index in [1.54, 1.807) is 17.2 Å². The van der Waals surface area contributed by atoms with Crippen LogP contribution in [0.1, 0.15) is 48.2 Å². The Hall–Kier alpha value is -1.42. The number of rotatable bonds is 4. The summed E-state index contributed by atoms with van der Waals surface area (Å²) in [7, 11) is 1.87. The summed E-state index contributed by atoms with van der Waals surface area (Å²) in [5.41, 5.74) is 7.04. The number of hydrogen-bond donors (Lipinski definition) is 1. The molecule has 19 heavy (non-hydrogen) atoms. The van der Waals surface area contributed by atoms with Crippen molar-refractivity contribution in [1.29, 1.82) is 0 Å². The van der Waals surface area contributed by atoms with Crippen LogP contribution in [0.5, 0.6) is 0 Å². The van der Waals surface area contributed by atoms with Gasteiger partial charge in [-0.05, 0) is 36.5 Å². The first-order chi connectivity index (χ1) is 9.20. The molecule has 0 aromatic carbocycles. The number of carbonyl (C=O) groups excluding carboxylic acids is 1. The summed E-state index contributed by atoms with van der Waals surface area (Å²) in [5, 5.41) is 0. The molecule has 0 saturated heterocycles. The first-order valence-corrected chi connectivity index (χ1v) is 7.11. The van der Waals surface area contributed by atoms with Crippen LogP contribution in [0.2, 0.25) is 0 Å². The Bertz CT molecular complexity index is 427. The second-order valence-electron chi connectivity index (χ2n) is 5.44. The average molecular weight is 261 g/mol. The Labute approximate surface area is 115 Å². The van der Waals surface area contributed by atoms with E-state index < -0.39 is 0 Å². The van der Waals surface area contributed by atoms with E-state index in [0.29, 0.717) is 18.2 Å². The Balaban J connectivity index is 1.97. The Morgan fingerprint density at radius 2 is 2.16 bits per heavy atom. The van der Waals surface area contributed by atoms with Gasteiger partial charge in [-0.2, -0.15) is 0 Å². The zero-order chi connectivity index (χ0) is 13.7. The Morgan fingerprint density at radius 1 is 1.42 bits per heavy atom. The lowest BCUT2D eigenvalue weighted by Gasteiger charge is -2.26. The lowest BCUT2D eigenvalue weighted by Crippen LogP contribution is -2.33. The van der Waals surface area contributed by atoms with Gasteiger partial charge in [-0.25, -0.2) is 0 Å². The van der Waals surface area contributed by atoms with E-state index in [1.807, 2.05) is 13.1 Å². The zero-order valence-electron chi connectivity index (χ0n) is 11.6. The first-order valence-electron chi connectivity index (χ1n) is 7.11. The topological polar surface area (TPSA) is 59.2 Å². The third-order valence-electron chi connectivity index (χ3n) is 3.88. The molecule has 1 aliphatic carbocycles. The SMILES string of the molecule is CN(CC1CCCCC1)C(=O)c1cc(CN)ccn1. The molecule has 2 N–H and O–H groups in total. The molecule has 4 heteroatoms. The van der Waals surface area contributed by atoms with E-state index in [0.717, 1.165) is 12.1 Å². The maximum Gasteiger partial charge on any atom is 0.272 e. The van der Waals surface area contributed by atoms with Crippen LogP contribution in [0.15, 0.2) is 18.3 Å². The smallest absolute Gasteiger partial charge is 0.272 e. The minimum atomic E-state index is 0.000809. The largest absolute Gasteiger partial charge is 0.340 e. The van der Waals surface area contributed by atoms with Crippen LogP contribution in [0.3, 0.4) is 0 Å². The summed E-state index contributed by atoms with van der Waals surface area (Å²) in [4.78, 5) is 18.3. The van der Waals surface area contributed by atoms with Gasteiger partial charge in [0.2, 0.25) is 0 Å². The summed E-state index contributed by atoms with van der Waals surface area (Å²) >= 11 is 0. The van der Waals surface area contributed by atoms with E-state index in [-0.39, 0.29) is 5.91 Å². The average Bonchev–Trinajstić information content (AvgIpc) is 2.47. The summed E-state index contributed by atoms with van der Waals surface area (Å²) in [6.07, 6.45) is 8.08. The van der Waals surface area contributed by atoms with E-state index in [1.165, 1.54) is 32.1 Å². The number of nitrogens with two attached hydrogens (primary N) is 1. The van der Waals surface area contributed by atoms with Crippen molar-refractivity contribution in [3.05, 3.63) is 29.6 Å². The van der Waals surface area contributed by atoms with Crippen molar-refractivity contribution in [2.45, 2.75) is 38.6 Å². The number of carbonyl (C=O) groups is 1. The zero-order valence-corrected chi connectivity index (χ0v) is 11.6. The number of hydrogen-bond acceptors (Lipinski definition) is 3. The maximum absolute atomic E-state index is 12.3. The summed E-state index contributed by atoms with van der Waals surface area (Å²) in [6.45, 7) is 1.28. The van der Waals surface area contributed by atoms with Gasteiger partial charge >= 0.3 is 0 Å². The van der Waals surface area contributed by atoms with Crippen LogP contribution in [-0.4, -0.2) is 29.4 Å². The fourth-order valence-electron chi connectivity index (χ4n) is 2.75. The summed E-state index contributed by atoms with van der Waals surface area (Å²) in [5.74, 6) is 0.654. The van der Waals surface area contributed by atoms with E-state index in [4.69, 9.17) is 5.73 Å². The molecule has 0 atom stereocenters. The second-order valence-corrected chi connectivity index (χ2v) is 5.44. The van der Waals surface area contributed by atoms with Gasteiger partial charge in [-0.15, -0.1) is 0 Å². The highest BCUT2D eigenvalue weighted by Crippen LogP contribution is 2.24. The second kappa shape index (κ2) is 6.66. The molecule has 0 spiro atoms. The Kier molecular flexibility index (Phi) is 4.91. The lowest BCUT2D eigenvalue weighted by molar-refractivity contribution is 0.0754. The monoisotopic (exact) mass is 261 g/mol. The fourth-order valence-corrected chi connectivity index (χ4v) is 2.75. The predicted molar refractivity (Wildman–Crippen MR) is 75.7 cm³/mol. The molecule has 2 rings (SSSR count). The highest BCUT2D eigenvalue weighted by molar-refractivity contribution is 5.92. The van der Waals surface area contributed by atoms with Gasteiger partial charge in [0, 0.05) is 26.3 Å². The molecule has 1 aromatic heterocycles. The van der Waals surface area contributed by atoms with Crippen molar-refractivity contribution in [3.8, 4) is 0 Å². The number of aromatic nitrogens is 1. The van der Waals surface area contributed by atoms with Gasteiger partial charge in [0.15, 0.2) is 0 Å². The van der Waals surface area contributed by atoms with Crippen LogP contribution in [-0.2, 0) is 6.54 Å². The van der Waals surface area contributed by atoms with Gasteiger partial charge in [-0.3, -0.25) is 9.78 Å². The predicted octanol–water partition coefficient (Wildman–Crippen LogP) is 2.19. The molecular weight excluding hydrogens is 238 g/mol. The molecule has 0 unspecified atom stereocenters. The molecule has 0 aliphatic heterocycles. The number of pyridine rings is 1. The standard InChI is InChI=1S/C15H23N3O/c1-18(11-12-5-3-2-4-6-12)15(19)14-9-13(10-16)7-8-17-14/h7-9,12H,2-6,10-11,16H2,1H3. The van der Waals surface area contributed by atoms with Crippen LogP contribution >= 0.6 is 0 Å². The first kappa shape index (κ1) is 14.0. The van der Waals surface area contributed by atoms with Crippen molar-refractivity contribution >= 4 is 5.91 Å². The van der Waals surface area contributed by atoms with Crippen molar-refractivity contribution < 1.29 is 4.79 Å². The third kappa shape index (κ3) is 3.77. The van der Waals surface area contributed by atoms with Crippen molar-refractivity contribution in [1.82, 2.24) is 9.88 Å². The molecular formula is C15H23N3O. The van der Waals surface area contributed by atoms with Crippen molar-refractivity contribution in [3.63, 3.8) is 0 Å². The molecule has 0 bridgehead atoms. The molecule has 1 aromatic rings. The summed E-state index contributed by atoms with van der Waals surface area (Å²) in [6, 6.07) is 3.64. The van der Waals surface area contributed by atoms with Gasteiger partial charge in [0.25, 0.3) is 5.91 Å². The molecule has 1 heterocycles. The van der Waals surface area contributed by atoms with E-state index in [9.17, 15) is 4.79 Å². The number of amides is 1. The maximum atomic E-state index is 12.3. The van der Waals surface area contributed by atoms with Crippen LogP contribution in [0.25, 0.3) is 0 Å². The quantitative estimate of drug-likeness (QED) is 0.904. The molecule has 0 radical (unpaired) electrons. The van der Waals surface area contributed by atoms with Gasteiger partial charge in [-0.1, -0.05) is 19.3 Å². The molecule has 1 fully saturated rings. The van der Waals surface area contributed by atoms with Gasteiger partial charge < -0.3 is 10.6 Å². The third-order valence-corrected chi connectivity index (χ3v) is 3.88. The molecule has 1 saturated carbocycles. The van der Waals surface area contributed by atoms with Crippen LogP contribution in [0, 0.1) is 5.92 Å². The molecule has 1 aliphatic rings. The Morgan fingerprint density at radius 3 is 2.84 bits per heavy atom. The number of nitrogens with zero attached hydrogens (tertiary/aromatic N) is 2. The highest BCUT2D eigenvalue weighted by Gasteiger charge is 2.19. The lowest BCUT2D eigenvalue weighted by atomic mass is 9.89. The van der Waals surface area contributed by atoms with E-state index in [2.05, 4.69) is 4.98 Å². The molecule has 1 amide bonds. The molecule has 104 valence electrons. The van der Waals surface area contributed by atoms with Gasteiger partial charge in [0.05, 0.1) is 0 Å². The van der Waals surface area contributed by atoms with Crippen molar-refractivity contribution in [2.75, 3.05) is 13.6 Å². The molecule has 4 nitrogen and oxygen atoms in total. The van der Waals surface area contributed by atoms with E-state index >= 15 is 0 Å². The normalized spacial score (nSPS) is 16.3.